The fourth-order valence-electron chi connectivity index (χ4n) is 1.43. The molecule has 0 aliphatic rings. The number of benzene rings is 1. The van der Waals surface area contributed by atoms with Gasteiger partial charge in [-0.25, -0.2) is 4.98 Å². The maximum Gasteiger partial charge on any atom is 0.224 e. The summed E-state index contributed by atoms with van der Waals surface area (Å²) in [5, 5.41) is 9.24. The Bertz CT molecular complexity index is 528. The third-order valence-corrected chi connectivity index (χ3v) is 2.77. The highest BCUT2D eigenvalue weighted by atomic mass is 79.9. The fourth-order valence-corrected chi connectivity index (χ4v) is 1.81. The van der Waals surface area contributed by atoms with Gasteiger partial charge in [0.1, 0.15) is 11.5 Å². The number of aromatic nitrogens is 1. The van der Waals surface area contributed by atoms with E-state index in [-0.39, 0.29) is 6.61 Å². The van der Waals surface area contributed by atoms with Crippen LogP contribution in [-0.4, -0.2) is 17.2 Å². The topological polar surface area (TPSA) is 51.6 Å². The first-order valence-electron chi connectivity index (χ1n) is 5.30. The number of halogens is 1. The molecule has 2 aromatic rings. The maximum absolute atomic E-state index is 9.24. The van der Waals surface area contributed by atoms with Gasteiger partial charge in [0.2, 0.25) is 5.88 Å². The zero-order valence-electron chi connectivity index (χ0n) is 9.76. The van der Waals surface area contributed by atoms with Crippen molar-refractivity contribution in [2.24, 2.45) is 0 Å². The molecular formula is C13H12BrNO3. The Kier molecular flexibility index (Phi) is 4.17. The average Bonchev–Trinajstić information content (AvgIpc) is 2.41. The predicted octanol–water partition coefficient (Wildman–Crippen LogP) is 3.14. The zero-order chi connectivity index (χ0) is 13.0. The van der Waals surface area contributed by atoms with E-state index in [0.29, 0.717) is 17.2 Å². The van der Waals surface area contributed by atoms with E-state index in [2.05, 4.69) is 20.9 Å². The second-order valence-corrected chi connectivity index (χ2v) is 4.47. The molecule has 1 aromatic carbocycles. The lowest BCUT2D eigenvalue weighted by molar-refractivity contribution is 0.275. The first-order valence-corrected chi connectivity index (χ1v) is 6.09. The van der Waals surface area contributed by atoms with Gasteiger partial charge in [-0.1, -0.05) is 0 Å². The number of methoxy groups -OCH3 is 1. The smallest absolute Gasteiger partial charge is 0.224 e. The molecule has 0 fully saturated rings. The lowest BCUT2D eigenvalue weighted by atomic mass is 10.3. The zero-order valence-corrected chi connectivity index (χ0v) is 11.3. The van der Waals surface area contributed by atoms with Crippen LogP contribution >= 0.6 is 15.9 Å². The van der Waals surface area contributed by atoms with Crippen molar-refractivity contribution in [1.82, 2.24) is 4.98 Å². The van der Waals surface area contributed by atoms with Gasteiger partial charge < -0.3 is 14.6 Å². The summed E-state index contributed by atoms with van der Waals surface area (Å²) in [7, 11) is 1.61. The normalized spacial score (nSPS) is 10.2. The third-order valence-electron chi connectivity index (χ3n) is 2.34. The number of ether oxygens (including phenoxy) is 2. The van der Waals surface area contributed by atoms with E-state index in [0.717, 1.165) is 10.2 Å². The van der Waals surface area contributed by atoms with Crippen molar-refractivity contribution in [2.45, 2.75) is 6.61 Å². The Labute approximate surface area is 113 Å². The molecule has 18 heavy (non-hydrogen) atoms. The van der Waals surface area contributed by atoms with E-state index in [9.17, 15) is 5.11 Å². The van der Waals surface area contributed by atoms with Crippen molar-refractivity contribution in [3.05, 3.63) is 46.6 Å². The van der Waals surface area contributed by atoms with Crippen molar-refractivity contribution in [2.75, 3.05) is 7.11 Å². The SMILES string of the molecule is COc1ccc(Oc2ncc(Br)cc2CO)cc1. The van der Waals surface area contributed by atoms with E-state index in [4.69, 9.17) is 9.47 Å². The molecule has 0 saturated carbocycles. The van der Waals surface area contributed by atoms with E-state index in [1.165, 1.54) is 0 Å². The highest BCUT2D eigenvalue weighted by molar-refractivity contribution is 9.10. The summed E-state index contributed by atoms with van der Waals surface area (Å²) in [4.78, 5) is 4.13. The van der Waals surface area contributed by atoms with Crippen molar-refractivity contribution < 1.29 is 14.6 Å². The second-order valence-electron chi connectivity index (χ2n) is 3.55. The number of rotatable bonds is 4. The largest absolute Gasteiger partial charge is 0.497 e. The van der Waals surface area contributed by atoms with Gasteiger partial charge in [-0.2, -0.15) is 0 Å². The third kappa shape index (κ3) is 3.00. The molecule has 0 atom stereocenters. The molecule has 5 heteroatoms. The molecule has 2 rings (SSSR count). The van der Waals surface area contributed by atoms with Crippen molar-refractivity contribution >= 4 is 15.9 Å². The van der Waals surface area contributed by atoms with Gasteiger partial charge in [-0.05, 0) is 46.3 Å². The van der Waals surface area contributed by atoms with Crippen LogP contribution in [0.5, 0.6) is 17.4 Å². The predicted molar refractivity (Wildman–Crippen MR) is 70.9 cm³/mol. The summed E-state index contributed by atoms with van der Waals surface area (Å²) in [5.41, 5.74) is 0.625. The summed E-state index contributed by atoms with van der Waals surface area (Å²) in [6.07, 6.45) is 1.62. The summed E-state index contributed by atoms with van der Waals surface area (Å²) >= 11 is 3.30. The second kappa shape index (κ2) is 5.84. The first-order chi connectivity index (χ1) is 8.72. The van der Waals surface area contributed by atoms with Crippen LogP contribution < -0.4 is 9.47 Å². The van der Waals surface area contributed by atoms with Crippen LogP contribution in [0.2, 0.25) is 0 Å². The Morgan fingerprint density at radius 3 is 2.50 bits per heavy atom. The molecule has 4 nitrogen and oxygen atoms in total. The van der Waals surface area contributed by atoms with Gasteiger partial charge in [0.25, 0.3) is 0 Å². The molecule has 0 bridgehead atoms. The van der Waals surface area contributed by atoms with Gasteiger partial charge in [-0.15, -0.1) is 0 Å². The molecule has 94 valence electrons. The van der Waals surface area contributed by atoms with Crippen LogP contribution in [0.4, 0.5) is 0 Å². The highest BCUT2D eigenvalue weighted by Crippen LogP contribution is 2.26. The summed E-state index contributed by atoms with van der Waals surface area (Å²) < 4.78 is 11.5. The van der Waals surface area contributed by atoms with Crippen LogP contribution in [0, 0.1) is 0 Å². The van der Waals surface area contributed by atoms with Crippen molar-refractivity contribution in [3.63, 3.8) is 0 Å². The minimum absolute atomic E-state index is 0.127. The molecule has 0 radical (unpaired) electrons. The fraction of sp³-hybridized carbons (Fsp3) is 0.154. The van der Waals surface area contributed by atoms with Crippen LogP contribution in [0.25, 0.3) is 0 Å². The minimum atomic E-state index is -0.127. The number of nitrogens with zero attached hydrogens (tertiary/aromatic N) is 1. The van der Waals surface area contributed by atoms with Gasteiger partial charge in [-0.3, -0.25) is 0 Å². The van der Waals surface area contributed by atoms with Crippen molar-refractivity contribution in [3.8, 4) is 17.4 Å². The Morgan fingerprint density at radius 2 is 1.89 bits per heavy atom. The molecule has 0 unspecified atom stereocenters. The van der Waals surface area contributed by atoms with E-state index in [1.807, 2.05) is 0 Å². The highest BCUT2D eigenvalue weighted by Gasteiger charge is 2.07. The van der Waals surface area contributed by atoms with Gasteiger partial charge in [0.15, 0.2) is 0 Å². The van der Waals surface area contributed by atoms with Crippen LogP contribution in [0.1, 0.15) is 5.56 Å². The number of aliphatic hydroxyl groups excluding tert-OH is 1. The number of aliphatic hydroxyl groups is 1. The van der Waals surface area contributed by atoms with E-state index in [1.54, 1.807) is 43.6 Å². The number of hydrogen-bond donors (Lipinski definition) is 1. The molecule has 0 spiro atoms. The molecule has 1 N–H and O–H groups in total. The summed E-state index contributed by atoms with van der Waals surface area (Å²) in [6.45, 7) is -0.127. The summed E-state index contributed by atoms with van der Waals surface area (Å²) in [5.74, 6) is 1.79. The standard InChI is InChI=1S/C13H12BrNO3/c1-17-11-2-4-12(5-3-11)18-13-9(8-16)6-10(14)7-15-13/h2-7,16H,8H2,1H3. The molecule has 1 aromatic heterocycles. The first kappa shape index (κ1) is 12.9. The Hall–Kier alpha value is -1.59. The van der Waals surface area contributed by atoms with Crippen LogP contribution in [-0.2, 0) is 6.61 Å². The van der Waals surface area contributed by atoms with Crippen LogP contribution in [0.15, 0.2) is 41.0 Å². The molecular weight excluding hydrogens is 298 g/mol. The lowest BCUT2D eigenvalue weighted by Gasteiger charge is -2.09. The minimum Gasteiger partial charge on any atom is -0.497 e. The van der Waals surface area contributed by atoms with E-state index < -0.39 is 0 Å². The summed E-state index contributed by atoms with van der Waals surface area (Å²) in [6, 6.07) is 8.93. The van der Waals surface area contributed by atoms with E-state index >= 15 is 0 Å². The lowest BCUT2D eigenvalue weighted by Crippen LogP contribution is -1.95. The Morgan fingerprint density at radius 1 is 1.22 bits per heavy atom. The van der Waals surface area contributed by atoms with Gasteiger partial charge in [0, 0.05) is 16.2 Å². The quantitative estimate of drug-likeness (QED) is 0.942. The van der Waals surface area contributed by atoms with Gasteiger partial charge in [0.05, 0.1) is 13.7 Å². The maximum atomic E-state index is 9.24. The van der Waals surface area contributed by atoms with Crippen LogP contribution in [0.3, 0.4) is 0 Å². The molecule has 0 saturated heterocycles. The monoisotopic (exact) mass is 309 g/mol. The average molecular weight is 310 g/mol. The van der Waals surface area contributed by atoms with Crippen molar-refractivity contribution in [1.29, 1.82) is 0 Å². The number of hydrogen-bond acceptors (Lipinski definition) is 4. The van der Waals surface area contributed by atoms with Gasteiger partial charge >= 0.3 is 0 Å². The molecule has 0 aliphatic heterocycles. The Balaban J connectivity index is 2.22. The number of pyridine rings is 1. The molecule has 0 aliphatic carbocycles. The molecule has 0 amide bonds. The molecule has 1 heterocycles.